The number of nitrogens with zero attached hydrogens (tertiary/aromatic N) is 3. The van der Waals surface area contributed by atoms with Gasteiger partial charge >= 0.3 is 0 Å². The molecule has 0 bridgehead atoms. The van der Waals surface area contributed by atoms with Gasteiger partial charge in [0.05, 0.1) is 6.10 Å². The Labute approximate surface area is 116 Å². The van der Waals surface area contributed by atoms with Crippen LogP contribution in [0, 0.1) is 0 Å². The average molecular weight is 263 g/mol. The van der Waals surface area contributed by atoms with Crippen molar-refractivity contribution in [2.75, 3.05) is 32.7 Å². The van der Waals surface area contributed by atoms with Crippen molar-refractivity contribution in [3.05, 3.63) is 30.1 Å². The SMILES string of the molecule is C[C@@H](O)CN1CCN(CCc2ccncc2)C[C@@H]1C. The minimum Gasteiger partial charge on any atom is -0.392 e. The van der Waals surface area contributed by atoms with E-state index in [1.54, 1.807) is 0 Å². The molecule has 1 aromatic heterocycles. The summed E-state index contributed by atoms with van der Waals surface area (Å²) >= 11 is 0. The molecule has 106 valence electrons. The summed E-state index contributed by atoms with van der Waals surface area (Å²) in [7, 11) is 0. The van der Waals surface area contributed by atoms with Crippen LogP contribution in [0.1, 0.15) is 19.4 Å². The van der Waals surface area contributed by atoms with Crippen LogP contribution in [0.4, 0.5) is 0 Å². The second kappa shape index (κ2) is 6.98. The van der Waals surface area contributed by atoms with E-state index in [9.17, 15) is 5.11 Å². The van der Waals surface area contributed by atoms with Crippen molar-refractivity contribution < 1.29 is 5.11 Å². The van der Waals surface area contributed by atoms with Gasteiger partial charge in [-0.25, -0.2) is 0 Å². The Bertz CT molecular complexity index is 369. The van der Waals surface area contributed by atoms with Gasteiger partial charge in [-0.1, -0.05) is 0 Å². The lowest BCUT2D eigenvalue weighted by Gasteiger charge is -2.40. The highest BCUT2D eigenvalue weighted by atomic mass is 16.3. The fourth-order valence-electron chi connectivity index (χ4n) is 2.72. The molecule has 1 aliphatic rings. The lowest BCUT2D eigenvalue weighted by Crippen LogP contribution is -2.53. The van der Waals surface area contributed by atoms with Crippen molar-refractivity contribution in [2.24, 2.45) is 0 Å². The molecule has 0 unspecified atom stereocenters. The van der Waals surface area contributed by atoms with Crippen molar-refractivity contribution in [3.8, 4) is 0 Å². The summed E-state index contributed by atoms with van der Waals surface area (Å²) in [5.74, 6) is 0. The summed E-state index contributed by atoms with van der Waals surface area (Å²) in [5, 5.41) is 9.48. The molecular formula is C15H25N3O. The average Bonchev–Trinajstić information content (AvgIpc) is 2.40. The zero-order valence-electron chi connectivity index (χ0n) is 12.0. The zero-order valence-corrected chi connectivity index (χ0v) is 12.0. The molecule has 1 fully saturated rings. The number of aliphatic hydroxyl groups excluding tert-OH is 1. The van der Waals surface area contributed by atoms with Crippen molar-refractivity contribution in [1.82, 2.24) is 14.8 Å². The fraction of sp³-hybridized carbons (Fsp3) is 0.667. The molecule has 1 aliphatic heterocycles. The highest BCUT2D eigenvalue weighted by molar-refractivity contribution is 5.10. The number of β-amino-alcohol motifs (C(OH)–C–C–N with tert-alkyl or cyclic N) is 1. The van der Waals surface area contributed by atoms with E-state index in [0.29, 0.717) is 6.04 Å². The van der Waals surface area contributed by atoms with Crippen LogP contribution >= 0.6 is 0 Å². The minimum absolute atomic E-state index is 0.231. The van der Waals surface area contributed by atoms with Crippen molar-refractivity contribution in [2.45, 2.75) is 32.4 Å². The Morgan fingerprint density at radius 2 is 2.11 bits per heavy atom. The van der Waals surface area contributed by atoms with Gasteiger partial charge < -0.3 is 10.0 Å². The van der Waals surface area contributed by atoms with Crippen molar-refractivity contribution in [3.63, 3.8) is 0 Å². The summed E-state index contributed by atoms with van der Waals surface area (Å²) < 4.78 is 0. The van der Waals surface area contributed by atoms with E-state index in [1.807, 2.05) is 19.3 Å². The third-order valence-corrected chi connectivity index (χ3v) is 3.81. The fourth-order valence-corrected chi connectivity index (χ4v) is 2.72. The summed E-state index contributed by atoms with van der Waals surface area (Å²) in [6.45, 7) is 9.27. The first-order valence-electron chi connectivity index (χ1n) is 7.18. The van der Waals surface area contributed by atoms with Gasteiger partial charge in [0.15, 0.2) is 0 Å². The summed E-state index contributed by atoms with van der Waals surface area (Å²) in [5.41, 5.74) is 1.36. The van der Waals surface area contributed by atoms with Crippen LogP contribution in [0.2, 0.25) is 0 Å². The molecule has 4 nitrogen and oxygen atoms in total. The molecule has 0 amide bonds. The largest absolute Gasteiger partial charge is 0.392 e. The van der Waals surface area contributed by atoms with Crippen LogP contribution in [0.25, 0.3) is 0 Å². The number of aromatic nitrogens is 1. The van der Waals surface area contributed by atoms with Gasteiger partial charge in [-0.05, 0) is 38.0 Å². The second-order valence-electron chi connectivity index (χ2n) is 5.60. The Morgan fingerprint density at radius 1 is 1.37 bits per heavy atom. The van der Waals surface area contributed by atoms with Crippen LogP contribution in [0.3, 0.4) is 0 Å². The number of hydrogen-bond donors (Lipinski definition) is 1. The Balaban J connectivity index is 1.76. The first-order valence-corrected chi connectivity index (χ1v) is 7.18. The molecule has 1 saturated heterocycles. The third-order valence-electron chi connectivity index (χ3n) is 3.81. The standard InChI is InChI=1S/C15H25N3O/c1-13-11-17(9-10-18(13)12-14(2)19)8-5-15-3-6-16-7-4-15/h3-4,6-7,13-14,19H,5,8-12H2,1-2H3/t13-,14+/m0/s1. The molecule has 1 N–H and O–H groups in total. The number of hydrogen-bond acceptors (Lipinski definition) is 4. The van der Waals surface area contributed by atoms with Gasteiger partial charge in [0.25, 0.3) is 0 Å². The van der Waals surface area contributed by atoms with Gasteiger partial charge in [-0.15, -0.1) is 0 Å². The molecule has 4 heteroatoms. The maximum Gasteiger partial charge on any atom is 0.0639 e. The molecule has 2 rings (SSSR count). The Morgan fingerprint density at radius 3 is 2.74 bits per heavy atom. The number of piperazine rings is 1. The van der Waals surface area contributed by atoms with E-state index < -0.39 is 0 Å². The summed E-state index contributed by atoms with van der Waals surface area (Å²) in [6.07, 6.45) is 4.58. The van der Waals surface area contributed by atoms with E-state index >= 15 is 0 Å². The van der Waals surface area contributed by atoms with Crippen molar-refractivity contribution in [1.29, 1.82) is 0 Å². The third kappa shape index (κ3) is 4.56. The van der Waals surface area contributed by atoms with Gasteiger partial charge in [-0.3, -0.25) is 9.88 Å². The molecule has 0 aliphatic carbocycles. The number of rotatable bonds is 5. The summed E-state index contributed by atoms with van der Waals surface area (Å²) in [4.78, 5) is 8.95. The van der Waals surface area contributed by atoms with Crippen LogP contribution in [-0.4, -0.2) is 64.8 Å². The normalized spacial score (nSPS) is 23.4. The smallest absolute Gasteiger partial charge is 0.0639 e. The molecule has 2 atom stereocenters. The Kier molecular flexibility index (Phi) is 5.31. The van der Waals surface area contributed by atoms with Crippen LogP contribution in [-0.2, 0) is 6.42 Å². The van der Waals surface area contributed by atoms with Gasteiger partial charge in [0.2, 0.25) is 0 Å². The van der Waals surface area contributed by atoms with E-state index in [-0.39, 0.29) is 6.10 Å². The number of aliphatic hydroxyl groups is 1. The zero-order chi connectivity index (χ0) is 13.7. The highest BCUT2D eigenvalue weighted by Crippen LogP contribution is 2.11. The van der Waals surface area contributed by atoms with Gasteiger partial charge in [-0.2, -0.15) is 0 Å². The highest BCUT2D eigenvalue weighted by Gasteiger charge is 2.23. The predicted octanol–water partition coefficient (Wildman–Crippen LogP) is 1.01. The molecule has 1 aromatic rings. The molecule has 0 aromatic carbocycles. The van der Waals surface area contributed by atoms with E-state index in [4.69, 9.17) is 0 Å². The lowest BCUT2D eigenvalue weighted by molar-refractivity contribution is 0.0456. The molecule has 19 heavy (non-hydrogen) atoms. The van der Waals surface area contributed by atoms with E-state index in [1.165, 1.54) is 5.56 Å². The summed E-state index contributed by atoms with van der Waals surface area (Å²) in [6, 6.07) is 4.71. The van der Waals surface area contributed by atoms with Crippen LogP contribution in [0.15, 0.2) is 24.5 Å². The Hall–Kier alpha value is -0.970. The van der Waals surface area contributed by atoms with Gasteiger partial charge in [0, 0.05) is 51.2 Å². The molecule has 2 heterocycles. The number of pyridine rings is 1. The van der Waals surface area contributed by atoms with Crippen molar-refractivity contribution >= 4 is 0 Å². The van der Waals surface area contributed by atoms with Crippen LogP contribution < -0.4 is 0 Å². The predicted molar refractivity (Wildman–Crippen MR) is 77.1 cm³/mol. The monoisotopic (exact) mass is 263 g/mol. The van der Waals surface area contributed by atoms with Crippen LogP contribution in [0.5, 0.6) is 0 Å². The van der Waals surface area contributed by atoms with E-state index in [2.05, 4.69) is 33.8 Å². The first kappa shape index (κ1) is 14.4. The first-order chi connectivity index (χ1) is 9.15. The molecule has 0 radical (unpaired) electrons. The van der Waals surface area contributed by atoms with Gasteiger partial charge in [0.1, 0.15) is 0 Å². The molecule has 0 saturated carbocycles. The topological polar surface area (TPSA) is 39.6 Å². The quantitative estimate of drug-likeness (QED) is 0.861. The maximum atomic E-state index is 9.48. The molecule has 0 spiro atoms. The van der Waals surface area contributed by atoms with E-state index in [0.717, 1.165) is 39.1 Å². The minimum atomic E-state index is -0.231. The molecular weight excluding hydrogens is 238 g/mol. The second-order valence-corrected chi connectivity index (χ2v) is 5.60. The lowest BCUT2D eigenvalue weighted by atomic mass is 10.1. The maximum absolute atomic E-state index is 9.48.